The van der Waals surface area contributed by atoms with E-state index in [1.54, 1.807) is 19.2 Å². The molecule has 0 aliphatic carbocycles. The molecule has 0 atom stereocenters. The number of nitrogens with one attached hydrogen (secondary N) is 1. The van der Waals surface area contributed by atoms with Crippen LogP contribution >= 0.6 is 0 Å². The Bertz CT molecular complexity index is 508. The fraction of sp³-hybridized carbons (Fsp3) is 0.625. The van der Waals surface area contributed by atoms with Gasteiger partial charge in [0, 0.05) is 13.1 Å². The molecule has 1 N–H and O–H groups in total. The molecule has 0 spiro atoms. The molecule has 1 aromatic rings. The first kappa shape index (κ1) is 18.1. The molecule has 0 heterocycles. The highest BCUT2D eigenvalue weighted by Crippen LogP contribution is 2.20. The van der Waals surface area contributed by atoms with Crippen LogP contribution in [0.1, 0.15) is 39.2 Å². The van der Waals surface area contributed by atoms with Gasteiger partial charge >= 0.3 is 0 Å². The molecule has 120 valence electrons. The normalized spacial score (nSPS) is 12.3. The zero-order valence-electron chi connectivity index (χ0n) is 13.6. The van der Waals surface area contributed by atoms with Crippen LogP contribution in [0.4, 0.5) is 0 Å². The molecule has 0 aromatic heterocycles. The number of sulfonamides is 1. The van der Waals surface area contributed by atoms with Gasteiger partial charge in [-0.05, 0) is 50.0 Å². The lowest BCUT2D eigenvalue weighted by Gasteiger charge is -2.25. The summed E-state index contributed by atoms with van der Waals surface area (Å²) in [6, 6.07) is 7.31. The van der Waals surface area contributed by atoms with Crippen LogP contribution < -0.4 is 5.32 Å². The van der Waals surface area contributed by atoms with Gasteiger partial charge < -0.3 is 5.32 Å². The van der Waals surface area contributed by atoms with E-state index in [9.17, 15) is 8.42 Å². The van der Waals surface area contributed by atoms with Crippen LogP contribution in [0.5, 0.6) is 0 Å². The van der Waals surface area contributed by atoms with Gasteiger partial charge in [0.15, 0.2) is 0 Å². The summed E-state index contributed by atoms with van der Waals surface area (Å²) in [6.07, 6.45) is 2.57. The van der Waals surface area contributed by atoms with E-state index in [0.717, 1.165) is 37.9 Å². The van der Waals surface area contributed by atoms with E-state index in [1.807, 2.05) is 26.0 Å². The summed E-state index contributed by atoms with van der Waals surface area (Å²) < 4.78 is 26.7. The highest BCUT2D eigenvalue weighted by Gasteiger charge is 2.25. The van der Waals surface area contributed by atoms with E-state index in [1.165, 1.54) is 4.31 Å². The standard InChI is InChI=1S/C16H28N2O2S/c1-5-15(6-2)18(4)21(19,20)16-10-8-14(9-11-16)12-13-17-7-3/h8-11,15,17H,5-7,12-13H2,1-4H3. The third-order valence-electron chi connectivity index (χ3n) is 3.90. The second-order valence-corrected chi connectivity index (χ2v) is 7.24. The van der Waals surface area contributed by atoms with Gasteiger partial charge in [-0.1, -0.05) is 32.9 Å². The molecule has 0 saturated carbocycles. The zero-order chi connectivity index (χ0) is 15.9. The molecule has 4 nitrogen and oxygen atoms in total. The molecule has 0 saturated heterocycles. The maximum atomic E-state index is 12.6. The van der Waals surface area contributed by atoms with Gasteiger partial charge in [-0.2, -0.15) is 4.31 Å². The lowest BCUT2D eigenvalue weighted by molar-refractivity contribution is 0.349. The predicted octanol–water partition coefficient (Wildman–Crippen LogP) is 2.65. The van der Waals surface area contributed by atoms with Gasteiger partial charge in [-0.25, -0.2) is 8.42 Å². The van der Waals surface area contributed by atoms with Crippen LogP contribution in [-0.4, -0.2) is 38.9 Å². The maximum Gasteiger partial charge on any atom is 0.243 e. The first-order valence-corrected chi connectivity index (χ1v) is 9.19. The Labute approximate surface area is 129 Å². The predicted molar refractivity (Wildman–Crippen MR) is 88.0 cm³/mol. The quantitative estimate of drug-likeness (QED) is 0.713. The number of hydrogen-bond acceptors (Lipinski definition) is 3. The summed E-state index contributed by atoms with van der Waals surface area (Å²) in [4.78, 5) is 0.379. The summed E-state index contributed by atoms with van der Waals surface area (Å²) >= 11 is 0. The van der Waals surface area contributed by atoms with Crippen LogP contribution in [0, 0.1) is 0 Å². The minimum atomic E-state index is -3.39. The molecule has 21 heavy (non-hydrogen) atoms. The molecule has 0 amide bonds. The highest BCUT2D eigenvalue weighted by molar-refractivity contribution is 7.89. The third kappa shape index (κ3) is 4.80. The molecule has 1 aromatic carbocycles. The van der Waals surface area contributed by atoms with Crippen LogP contribution in [-0.2, 0) is 16.4 Å². The Kier molecular flexibility index (Phi) is 7.35. The van der Waals surface area contributed by atoms with Crippen molar-refractivity contribution in [2.75, 3.05) is 20.1 Å². The lowest BCUT2D eigenvalue weighted by atomic mass is 10.1. The van der Waals surface area contributed by atoms with Crippen LogP contribution in [0.15, 0.2) is 29.2 Å². The second kappa shape index (κ2) is 8.51. The smallest absolute Gasteiger partial charge is 0.243 e. The van der Waals surface area contributed by atoms with Crippen molar-refractivity contribution in [2.45, 2.75) is 51.0 Å². The average Bonchev–Trinajstić information content (AvgIpc) is 2.49. The first-order valence-electron chi connectivity index (χ1n) is 7.75. The van der Waals surface area contributed by atoms with Gasteiger partial charge in [0.2, 0.25) is 10.0 Å². The topological polar surface area (TPSA) is 49.4 Å². The van der Waals surface area contributed by atoms with Crippen molar-refractivity contribution in [2.24, 2.45) is 0 Å². The van der Waals surface area contributed by atoms with Gasteiger partial charge in [-0.15, -0.1) is 0 Å². The van der Waals surface area contributed by atoms with Crippen molar-refractivity contribution in [1.29, 1.82) is 0 Å². The van der Waals surface area contributed by atoms with E-state index in [-0.39, 0.29) is 6.04 Å². The summed E-state index contributed by atoms with van der Waals surface area (Å²) in [6.45, 7) is 7.97. The Morgan fingerprint density at radius 1 is 1.10 bits per heavy atom. The zero-order valence-corrected chi connectivity index (χ0v) is 14.4. The summed E-state index contributed by atoms with van der Waals surface area (Å²) in [5.41, 5.74) is 1.15. The molecular weight excluding hydrogens is 284 g/mol. The number of rotatable bonds is 9. The van der Waals surface area contributed by atoms with Gasteiger partial charge in [0.05, 0.1) is 4.90 Å². The van der Waals surface area contributed by atoms with E-state index >= 15 is 0 Å². The van der Waals surface area contributed by atoms with Gasteiger partial charge in [-0.3, -0.25) is 0 Å². The van der Waals surface area contributed by atoms with Crippen LogP contribution in [0.3, 0.4) is 0 Å². The molecule has 0 unspecified atom stereocenters. The van der Waals surface area contributed by atoms with Crippen LogP contribution in [0.25, 0.3) is 0 Å². The Hall–Kier alpha value is -0.910. The van der Waals surface area contributed by atoms with Crippen molar-refractivity contribution >= 4 is 10.0 Å². The van der Waals surface area contributed by atoms with Crippen molar-refractivity contribution in [3.05, 3.63) is 29.8 Å². The number of hydrogen-bond donors (Lipinski definition) is 1. The second-order valence-electron chi connectivity index (χ2n) is 5.24. The number of nitrogens with zero attached hydrogens (tertiary/aromatic N) is 1. The molecule has 0 bridgehead atoms. The van der Waals surface area contributed by atoms with E-state index < -0.39 is 10.0 Å². The van der Waals surface area contributed by atoms with Crippen LogP contribution in [0.2, 0.25) is 0 Å². The van der Waals surface area contributed by atoms with Gasteiger partial charge in [0.25, 0.3) is 0 Å². The molecule has 5 heteroatoms. The van der Waals surface area contributed by atoms with E-state index in [2.05, 4.69) is 12.2 Å². The van der Waals surface area contributed by atoms with Crippen molar-refractivity contribution in [3.8, 4) is 0 Å². The Balaban J connectivity index is 2.84. The van der Waals surface area contributed by atoms with E-state index in [0.29, 0.717) is 4.90 Å². The highest BCUT2D eigenvalue weighted by atomic mass is 32.2. The average molecular weight is 312 g/mol. The first-order chi connectivity index (χ1) is 9.97. The largest absolute Gasteiger partial charge is 0.317 e. The monoisotopic (exact) mass is 312 g/mol. The van der Waals surface area contributed by atoms with Crippen molar-refractivity contribution in [3.63, 3.8) is 0 Å². The molecule has 0 fully saturated rings. The maximum absolute atomic E-state index is 12.6. The minimum absolute atomic E-state index is 0.0587. The number of benzene rings is 1. The molecule has 0 radical (unpaired) electrons. The summed E-state index contributed by atoms with van der Waals surface area (Å²) in [5, 5.41) is 3.26. The fourth-order valence-corrected chi connectivity index (χ4v) is 3.91. The summed E-state index contributed by atoms with van der Waals surface area (Å²) in [7, 11) is -1.71. The molecule has 0 aliphatic heterocycles. The minimum Gasteiger partial charge on any atom is -0.317 e. The van der Waals surface area contributed by atoms with E-state index in [4.69, 9.17) is 0 Å². The van der Waals surface area contributed by atoms with Crippen molar-refractivity contribution in [1.82, 2.24) is 9.62 Å². The summed E-state index contributed by atoms with van der Waals surface area (Å²) in [5.74, 6) is 0. The SMILES string of the molecule is CCNCCc1ccc(S(=O)(=O)N(C)C(CC)CC)cc1. The Morgan fingerprint density at radius 3 is 2.14 bits per heavy atom. The lowest BCUT2D eigenvalue weighted by Crippen LogP contribution is -2.36. The fourth-order valence-electron chi connectivity index (χ4n) is 2.40. The van der Waals surface area contributed by atoms with Gasteiger partial charge in [0.1, 0.15) is 0 Å². The third-order valence-corrected chi connectivity index (χ3v) is 5.82. The number of likely N-dealkylation sites (N-methyl/N-ethyl adjacent to an activating group) is 1. The Morgan fingerprint density at radius 2 is 1.67 bits per heavy atom. The molecule has 1 rings (SSSR count). The molecule has 0 aliphatic rings. The van der Waals surface area contributed by atoms with Crippen molar-refractivity contribution < 1.29 is 8.42 Å². The molecular formula is C16H28N2O2S.